The molecule has 0 N–H and O–H groups in total. The van der Waals surface area contributed by atoms with Crippen molar-refractivity contribution < 1.29 is 23.3 Å². The Kier molecular flexibility index (Phi) is 3.41. The summed E-state index contributed by atoms with van der Waals surface area (Å²) in [7, 11) is -3.57. The summed E-state index contributed by atoms with van der Waals surface area (Å²) >= 11 is 0. The minimum absolute atomic E-state index is 0.153. The van der Waals surface area contributed by atoms with Crippen molar-refractivity contribution >= 4 is 13.8 Å². The zero-order valence-corrected chi connectivity index (χ0v) is 8.27. The Morgan fingerprint density at radius 1 is 1.36 bits per heavy atom. The Hall–Kier alpha value is -1.16. The molecule has 1 aromatic rings. The summed E-state index contributed by atoms with van der Waals surface area (Å²) < 4.78 is 18.8. The summed E-state index contributed by atoms with van der Waals surface area (Å²) in [6.07, 6.45) is 0. The second-order valence-electron chi connectivity index (χ2n) is 2.37. The molecule has 5 nitrogen and oxygen atoms in total. The number of phosphoric acid groups is 1. The molecule has 0 spiro atoms. The molecule has 1 rings (SSSR count). The minimum atomic E-state index is -4.49. The maximum atomic E-state index is 11.1. The van der Waals surface area contributed by atoms with E-state index >= 15 is 0 Å². The summed E-state index contributed by atoms with van der Waals surface area (Å²) in [5.74, 6) is -0.953. The molecule has 0 bridgehead atoms. The zero-order valence-electron chi connectivity index (χ0n) is 7.38. The first kappa shape index (κ1) is 10.9. The van der Waals surface area contributed by atoms with Gasteiger partial charge < -0.3 is 13.9 Å². The second kappa shape index (κ2) is 4.37. The molecule has 14 heavy (non-hydrogen) atoms. The predicted molar refractivity (Wildman–Crippen MR) is 46.5 cm³/mol. The van der Waals surface area contributed by atoms with E-state index in [4.69, 9.17) is 0 Å². The topological polar surface area (TPSA) is 75.7 Å². The smallest absolute Gasteiger partial charge is 0.343 e. The van der Waals surface area contributed by atoms with Gasteiger partial charge in [0.05, 0.1) is 5.56 Å². The lowest BCUT2D eigenvalue weighted by Crippen LogP contribution is -2.11. The Morgan fingerprint density at radius 3 is 2.43 bits per heavy atom. The van der Waals surface area contributed by atoms with Crippen LogP contribution in [0.5, 0.6) is 0 Å². The molecule has 1 atom stereocenters. The van der Waals surface area contributed by atoms with Gasteiger partial charge in [0.25, 0.3) is 0 Å². The van der Waals surface area contributed by atoms with Gasteiger partial charge >= 0.3 is 13.8 Å². The quantitative estimate of drug-likeness (QED) is 0.702. The second-order valence-corrected chi connectivity index (χ2v) is 3.82. The minimum Gasteiger partial charge on any atom is -0.746 e. The maximum absolute atomic E-state index is 11.1. The van der Waals surface area contributed by atoms with Crippen molar-refractivity contribution in [1.29, 1.82) is 0 Å². The highest BCUT2D eigenvalue weighted by Crippen LogP contribution is 2.37. The largest absolute Gasteiger partial charge is 0.746 e. The third-order valence-corrected chi connectivity index (χ3v) is 2.26. The standard InChI is InChI=1S/C8H9O5P/c1-12-14(10,11)13-8(9)7-5-3-2-4-6-7/h2-6H,1H3,(H,10,11)/p-1. The van der Waals surface area contributed by atoms with E-state index in [0.29, 0.717) is 0 Å². The zero-order chi connectivity index (χ0) is 10.6. The molecular formula is C8H8O5P-. The van der Waals surface area contributed by atoms with Gasteiger partial charge in [-0.2, -0.15) is 0 Å². The highest BCUT2D eigenvalue weighted by Gasteiger charge is 2.14. The van der Waals surface area contributed by atoms with Crippen LogP contribution in [-0.4, -0.2) is 13.1 Å². The molecule has 0 aliphatic heterocycles. The average Bonchev–Trinajstić information content (AvgIpc) is 2.19. The molecule has 0 saturated heterocycles. The normalized spacial score (nSPS) is 14.4. The fourth-order valence-electron chi connectivity index (χ4n) is 0.766. The summed E-state index contributed by atoms with van der Waals surface area (Å²) in [6.45, 7) is 0. The van der Waals surface area contributed by atoms with Crippen LogP contribution in [0.4, 0.5) is 0 Å². The van der Waals surface area contributed by atoms with Crippen LogP contribution in [0.2, 0.25) is 0 Å². The Labute approximate surface area is 80.9 Å². The lowest BCUT2D eigenvalue weighted by Gasteiger charge is -2.19. The van der Waals surface area contributed by atoms with Gasteiger partial charge in [0.15, 0.2) is 0 Å². The van der Waals surface area contributed by atoms with Gasteiger partial charge in [-0.15, -0.1) is 0 Å². The predicted octanol–water partition coefficient (Wildman–Crippen LogP) is 0.958. The lowest BCUT2D eigenvalue weighted by molar-refractivity contribution is -0.217. The molecule has 0 aliphatic carbocycles. The summed E-state index contributed by atoms with van der Waals surface area (Å²) in [5, 5.41) is 0. The van der Waals surface area contributed by atoms with E-state index in [9.17, 15) is 14.3 Å². The van der Waals surface area contributed by atoms with Crippen molar-refractivity contribution in [1.82, 2.24) is 0 Å². The van der Waals surface area contributed by atoms with Crippen LogP contribution in [0.15, 0.2) is 30.3 Å². The van der Waals surface area contributed by atoms with Crippen LogP contribution in [-0.2, 0) is 13.6 Å². The van der Waals surface area contributed by atoms with E-state index < -0.39 is 13.8 Å². The molecule has 76 valence electrons. The van der Waals surface area contributed by atoms with Crippen LogP contribution in [0.25, 0.3) is 0 Å². The molecule has 0 radical (unpaired) electrons. The first-order valence-corrected chi connectivity index (χ1v) is 5.17. The Bertz CT molecular complexity index is 361. The molecular weight excluding hydrogens is 207 g/mol. The number of hydrogen-bond acceptors (Lipinski definition) is 5. The van der Waals surface area contributed by atoms with E-state index in [0.717, 1.165) is 7.11 Å². The molecule has 0 heterocycles. The molecule has 0 fully saturated rings. The van der Waals surface area contributed by atoms with Gasteiger partial charge in [-0.3, -0.25) is 4.57 Å². The third kappa shape index (κ3) is 2.96. The summed E-state index contributed by atoms with van der Waals surface area (Å²) in [5.41, 5.74) is 0.153. The van der Waals surface area contributed by atoms with Crippen molar-refractivity contribution in [3.63, 3.8) is 0 Å². The van der Waals surface area contributed by atoms with Gasteiger partial charge in [-0.25, -0.2) is 4.79 Å². The average molecular weight is 215 g/mol. The van der Waals surface area contributed by atoms with Crippen LogP contribution in [0.1, 0.15) is 10.4 Å². The fraction of sp³-hybridized carbons (Fsp3) is 0.125. The monoisotopic (exact) mass is 215 g/mol. The molecule has 0 aromatic heterocycles. The van der Waals surface area contributed by atoms with E-state index in [1.165, 1.54) is 12.1 Å². The molecule has 0 amide bonds. The van der Waals surface area contributed by atoms with Crippen molar-refractivity contribution in [2.75, 3.05) is 7.11 Å². The van der Waals surface area contributed by atoms with Crippen LogP contribution >= 0.6 is 7.82 Å². The van der Waals surface area contributed by atoms with E-state index in [1.807, 2.05) is 0 Å². The number of phosphoric ester groups is 1. The number of carbonyl (C=O) groups is 1. The van der Waals surface area contributed by atoms with Crippen molar-refractivity contribution in [2.24, 2.45) is 0 Å². The molecule has 6 heteroatoms. The number of benzene rings is 1. The van der Waals surface area contributed by atoms with Gasteiger partial charge in [0.2, 0.25) is 0 Å². The van der Waals surface area contributed by atoms with Crippen LogP contribution < -0.4 is 4.89 Å². The first-order chi connectivity index (χ1) is 6.55. The lowest BCUT2D eigenvalue weighted by atomic mass is 10.2. The van der Waals surface area contributed by atoms with E-state index in [-0.39, 0.29) is 5.56 Å². The molecule has 0 saturated carbocycles. The summed E-state index contributed by atoms with van der Waals surface area (Å²) in [6, 6.07) is 7.78. The summed E-state index contributed by atoms with van der Waals surface area (Å²) in [4.78, 5) is 21.9. The Balaban J connectivity index is 2.74. The fourth-order valence-corrected chi connectivity index (χ4v) is 1.15. The van der Waals surface area contributed by atoms with Gasteiger partial charge in [0, 0.05) is 7.11 Å². The van der Waals surface area contributed by atoms with Gasteiger partial charge in [-0.1, -0.05) is 18.2 Å². The van der Waals surface area contributed by atoms with Gasteiger partial charge in [0.1, 0.15) is 0 Å². The first-order valence-electron chi connectivity index (χ1n) is 3.71. The van der Waals surface area contributed by atoms with Crippen LogP contribution in [0.3, 0.4) is 0 Å². The SMILES string of the molecule is COP(=O)([O-])OC(=O)c1ccccc1. The van der Waals surface area contributed by atoms with E-state index in [1.54, 1.807) is 18.2 Å². The van der Waals surface area contributed by atoms with Crippen molar-refractivity contribution in [2.45, 2.75) is 0 Å². The Morgan fingerprint density at radius 2 is 1.93 bits per heavy atom. The number of hydrogen-bond donors (Lipinski definition) is 0. The highest BCUT2D eigenvalue weighted by molar-refractivity contribution is 7.46. The van der Waals surface area contributed by atoms with Crippen molar-refractivity contribution in [3.8, 4) is 0 Å². The number of carbonyl (C=O) groups excluding carboxylic acids is 1. The van der Waals surface area contributed by atoms with Crippen molar-refractivity contribution in [3.05, 3.63) is 35.9 Å². The van der Waals surface area contributed by atoms with Gasteiger partial charge in [-0.05, 0) is 12.1 Å². The molecule has 0 aliphatic rings. The number of rotatable bonds is 3. The highest BCUT2D eigenvalue weighted by atomic mass is 31.2. The molecule has 1 unspecified atom stereocenters. The van der Waals surface area contributed by atoms with Crippen LogP contribution in [0, 0.1) is 0 Å². The maximum Gasteiger partial charge on any atom is 0.343 e. The molecule has 1 aromatic carbocycles. The third-order valence-electron chi connectivity index (χ3n) is 1.43. The van der Waals surface area contributed by atoms with E-state index in [2.05, 4.69) is 9.05 Å².